The number of hydrogen-bond acceptors (Lipinski definition) is 2. The van der Waals surface area contributed by atoms with Gasteiger partial charge in [0, 0.05) is 19.0 Å². The van der Waals surface area contributed by atoms with Crippen LogP contribution in [0.4, 0.5) is 0 Å². The molecule has 0 aromatic rings. The van der Waals surface area contributed by atoms with Gasteiger partial charge in [0.1, 0.15) is 0 Å². The van der Waals surface area contributed by atoms with Crippen LogP contribution in [0.3, 0.4) is 0 Å². The summed E-state index contributed by atoms with van der Waals surface area (Å²) in [7, 11) is 0. The van der Waals surface area contributed by atoms with Crippen molar-refractivity contribution in [1.82, 2.24) is 4.90 Å². The topological polar surface area (TPSA) is 57.6 Å². The van der Waals surface area contributed by atoms with Crippen LogP contribution in [0.2, 0.25) is 0 Å². The van der Waals surface area contributed by atoms with Gasteiger partial charge in [-0.25, -0.2) is 0 Å². The van der Waals surface area contributed by atoms with Gasteiger partial charge in [-0.05, 0) is 31.6 Å². The summed E-state index contributed by atoms with van der Waals surface area (Å²) in [5.41, 5.74) is 0. The Morgan fingerprint density at radius 2 is 1.70 bits per heavy atom. The van der Waals surface area contributed by atoms with E-state index in [1.807, 2.05) is 4.90 Å². The van der Waals surface area contributed by atoms with Crippen LogP contribution < -0.4 is 0 Å². The Bertz CT molecular complexity index is 337. The molecule has 1 aliphatic carbocycles. The van der Waals surface area contributed by atoms with Gasteiger partial charge in [-0.3, -0.25) is 9.59 Å². The Hall–Kier alpha value is -1.06. The lowest BCUT2D eigenvalue weighted by atomic mass is 9.85. The molecule has 1 aliphatic heterocycles. The molecule has 1 saturated carbocycles. The molecule has 1 heterocycles. The summed E-state index contributed by atoms with van der Waals surface area (Å²) in [4.78, 5) is 24.6. The predicted molar refractivity (Wildman–Crippen MR) is 77.4 cm³/mol. The van der Waals surface area contributed by atoms with Crippen molar-refractivity contribution in [3.63, 3.8) is 0 Å². The number of amides is 1. The van der Waals surface area contributed by atoms with Gasteiger partial charge in [-0.1, -0.05) is 32.1 Å². The number of carbonyl (C=O) groups excluding carboxylic acids is 1. The van der Waals surface area contributed by atoms with Crippen molar-refractivity contribution in [2.24, 2.45) is 5.92 Å². The minimum atomic E-state index is -0.878. The average molecular weight is 281 g/mol. The average Bonchev–Trinajstić information content (AvgIpc) is 2.92. The summed E-state index contributed by atoms with van der Waals surface area (Å²) in [6, 6.07) is 0.373. The molecule has 2 aliphatic rings. The zero-order valence-electron chi connectivity index (χ0n) is 12.4. The highest BCUT2D eigenvalue weighted by atomic mass is 16.4. The van der Waals surface area contributed by atoms with Gasteiger partial charge in [0.25, 0.3) is 0 Å². The third-order valence-corrected chi connectivity index (χ3v) is 4.88. The molecule has 1 N–H and O–H groups in total. The first kappa shape index (κ1) is 15.3. The van der Waals surface area contributed by atoms with Gasteiger partial charge in [0.2, 0.25) is 5.91 Å². The van der Waals surface area contributed by atoms with Crippen LogP contribution in [0.25, 0.3) is 0 Å². The van der Waals surface area contributed by atoms with E-state index in [2.05, 4.69) is 0 Å². The highest BCUT2D eigenvalue weighted by Crippen LogP contribution is 2.30. The Morgan fingerprint density at radius 1 is 0.950 bits per heavy atom. The maximum atomic E-state index is 12.1. The molecular formula is C16H27NO3. The van der Waals surface area contributed by atoms with Crippen molar-refractivity contribution in [2.75, 3.05) is 6.54 Å². The molecule has 0 aromatic carbocycles. The first-order valence-electron chi connectivity index (χ1n) is 8.18. The molecule has 20 heavy (non-hydrogen) atoms. The summed E-state index contributed by atoms with van der Waals surface area (Å²) in [6.07, 6.45) is 11.5. The Kier molecular flexibility index (Phi) is 5.86. The second-order valence-corrected chi connectivity index (χ2v) is 6.36. The van der Waals surface area contributed by atoms with Crippen molar-refractivity contribution in [1.29, 1.82) is 0 Å². The molecule has 2 fully saturated rings. The van der Waals surface area contributed by atoms with E-state index in [-0.39, 0.29) is 18.7 Å². The van der Waals surface area contributed by atoms with Crippen LogP contribution in [0.1, 0.15) is 70.6 Å². The van der Waals surface area contributed by atoms with E-state index in [4.69, 9.17) is 5.11 Å². The molecule has 0 radical (unpaired) electrons. The molecule has 1 amide bonds. The number of hydrogen-bond donors (Lipinski definition) is 1. The fourth-order valence-electron chi connectivity index (χ4n) is 3.73. The number of nitrogens with zero attached hydrogens (tertiary/aromatic N) is 1. The summed E-state index contributed by atoms with van der Waals surface area (Å²) in [5, 5.41) is 8.67. The lowest BCUT2D eigenvalue weighted by Gasteiger charge is -2.28. The van der Waals surface area contributed by atoms with E-state index >= 15 is 0 Å². The Morgan fingerprint density at radius 3 is 2.40 bits per heavy atom. The molecular weight excluding hydrogens is 254 g/mol. The summed E-state index contributed by atoms with van der Waals surface area (Å²) in [5.74, 6) is 0.0233. The zero-order valence-corrected chi connectivity index (χ0v) is 12.4. The van der Waals surface area contributed by atoms with E-state index < -0.39 is 5.97 Å². The van der Waals surface area contributed by atoms with Gasteiger partial charge < -0.3 is 10.0 Å². The van der Waals surface area contributed by atoms with Gasteiger partial charge in [0.05, 0.1) is 6.42 Å². The van der Waals surface area contributed by atoms with E-state index in [1.165, 1.54) is 38.5 Å². The molecule has 0 bridgehead atoms. The molecule has 0 aromatic heterocycles. The maximum Gasteiger partial charge on any atom is 0.303 e. The molecule has 0 spiro atoms. The Balaban J connectivity index is 1.74. The first-order chi connectivity index (χ1) is 9.66. The largest absolute Gasteiger partial charge is 0.481 e. The standard InChI is InChI=1S/C16H27NO3/c18-15(10-11-16(19)20)17-12-4-7-14(17)9-8-13-5-2-1-3-6-13/h13-14H,1-12H2,(H,19,20). The number of carboxylic acid groups (broad SMARTS) is 1. The molecule has 4 heteroatoms. The normalized spacial score (nSPS) is 24.0. The number of carbonyl (C=O) groups is 2. The first-order valence-corrected chi connectivity index (χ1v) is 8.18. The zero-order chi connectivity index (χ0) is 14.4. The third kappa shape index (κ3) is 4.50. The van der Waals surface area contributed by atoms with Crippen molar-refractivity contribution in [3.05, 3.63) is 0 Å². The molecule has 1 atom stereocenters. The third-order valence-electron chi connectivity index (χ3n) is 4.88. The fourth-order valence-corrected chi connectivity index (χ4v) is 3.73. The minimum Gasteiger partial charge on any atom is -0.481 e. The number of aliphatic carboxylic acids is 1. The van der Waals surface area contributed by atoms with E-state index in [0.29, 0.717) is 6.04 Å². The van der Waals surface area contributed by atoms with Gasteiger partial charge in [-0.15, -0.1) is 0 Å². The highest BCUT2D eigenvalue weighted by Gasteiger charge is 2.29. The van der Waals surface area contributed by atoms with Crippen LogP contribution in [0.5, 0.6) is 0 Å². The van der Waals surface area contributed by atoms with Crippen LogP contribution in [-0.4, -0.2) is 34.5 Å². The summed E-state index contributed by atoms with van der Waals surface area (Å²) >= 11 is 0. The monoisotopic (exact) mass is 281 g/mol. The lowest BCUT2D eigenvalue weighted by molar-refractivity contribution is -0.141. The molecule has 1 saturated heterocycles. The second kappa shape index (κ2) is 7.65. The van der Waals surface area contributed by atoms with E-state index in [9.17, 15) is 9.59 Å². The molecule has 4 nitrogen and oxygen atoms in total. The van der Waals surface area contributed by atoms with Crippen molar-refractivity contribution in [2.45, 2.75) is 76.7 Å². The molecule has 2 rings (SSSR count). The maximum absolute atomic E-state index is 12.1. The number of carboxylic acids is 1. The lowest BCUT2D eigenvalue weighted by Crippen LogP contribution is -2.36. The summed E-state index contributed by atoms with van der Waals surface area (Å²) in [6.45, 7) is 0.827. The number of rotatable bonds is 6. The van der Waals surface area contributed by atoms with E-state index in [0.717, 1.165) is 31.7 Å². The van der Waals surface area contributed by atoms with Crippen LogP contribution >= 0.6 is 0 Å². The predicted octanol–water partition coefficient (Wildman–Crippen LogP) is 3.20. The summed E-state index contributed by atoms with van der Waals surface area (Å²) < 4.78 is 0. The second-order valence-electron chi connectivity index (χ2n) is 6.36. The van der Waals surface area contributed by atoms with Crippen LogP contribution in [-0.2, 0) is 9.59 Å². The van der Waals surface area contributed by atoms with Gasteiger partial charge in [0.15, 0.2) is 0 Å². The van der Waals surface area contributed by atoms with Crippen LogP contribution in [0, 0.1) is 5.92 Å². The van der Waals surface area contributed by atoms with Crippen molar-refractivity contribution < 1.29 is 14.7 Å². The van der Waals surface area contributed by atoms with Gasteiger partial charge >= 0.3 is 5.97 Å². The Labute approximate surface area is 121 Å². The molecule has 114 valence electrons. The van der Waals surface area contributed by atoms with Crippen molar-refractivity contribution in [3.8, 4) is 0 Å². The number of likely N-dealkylation sites (tertiary alicyclic amines) is 1. The van der Waals surface area contributed by atoms with E-state index in [1.54, 1.807) is 0 Å². The highest BCUT2D eigenvalue weighted by molar-refractivity contribution is 5.81. The molecule has 1 unspecified atom stereocenters. The smallest absolute Gasteiger partial charge is 0.303 e. The SMILES string of the molecule is O=C(O)CCC(=O)N1CCCC1CCC1CCCCC1. The minimum absolute atomic E-state index is 0.0370. The fraction of sp³-hybridized carbons (Fsp3) is 0.875. The van der Waals surface area contributed by atoms with Gasteiger partial charge in [-0.2, -0.15) is 0 Å². The van der Waals surface area contributed by atoms with Crippen LogP contribution in [0.15, 0.2) is 0 Å². The quantitative estimate of drug-likeness (QED) is 0.813. The van der Waals surface area contributed by atoms with Crippen molar-refractivity contribution >= 4 is 11.9 Å².